The molecule has 2 heterocycles. The number of aliphatic hydroxyl groups excluding tert-OH is 1. The van der Waals surface area contributed by atoms with Gasteiger partial charge in [0.15, 0.2) is 0 Å². The maximum absolute atomic E-state index is 9.87. The number of aryl methyl sites for hydroxylation is 1. The van der Waals surface area contributed by atoms with E-state index in [-0.39, 0.29) is 0 Å². The van der Waals surface area contributed by atoms with Gasteiger partial charge in [0.25, 0.3) is 0 Å². The van der Waals surface area contributed by atoms with E-state index < -0.39 is 6.10 Å². The predicted molar refractivity (Wildman–Crippen MR) is 66.3 cm³/mol. The van der Waals surface area contributed by atoms with Gasteiger partial charge in [-0.2, -0.15) is 0 Å². The highest BCUT2D eigenvalue weighted by Gasteiger charge is 2.20. The van der Waals surface area contributed by atoms with Crippen molar-refractivity contribution in [3.63, 3.8) is 0 Å². The van der Waals surface area contributed by atoms with E-state index in [4.69, 9.17) is 5.73 Å². The largest absolute Gasteiger partial charge is 0.399 e. The number of aliphatic hydroxyl groups is 1. The van der Waals surface area contributed by atoms with Crippen molar-refractivity contribution in [2.24, 2.45) is 0 Å². The van der Waals surface area contributed by atoms with Gasteiger partial charge in [0.05, 0.1) is 5.69 Å². The molecule has 0 radical (unpaired) electrons. The second-order valence-electron chi connectivity index (χ2n) is 4.46. The third-order valence-electron chi connectivity index (χ3n) is 3.16. The zero-order valence-electron chi connectivity index (χ0n) is 9.50. The van der Waals surface area contributed by atoms with Gasteiger partial charge in [0.2, 0.25) is 0 Å². The van der Waals surface area contributed by atoms with Crippen LogP contribution in [0.2, 0.25) is 0 Å². The summed E-state index contributed by atoms with van der Waals surface area (Å²) >= 11 is 0. The molecule has 88 valence electrons. The number of hydrogen-bond acceptors (Lipinski definition) is 3. The summed E-state index contributed by atoms with van der Waals surface area (Å²) in [5.74, 6) is 0.772. The second kappa shape index (κ2) is 3.89. The first-order valence-corrected chi connectivity index (χ1v) is 5.85. The van der Waals surface area contributed by atoms with Crippen molar-refractivity contribution in [3.05, 3.63) is 36.3 Å². The highest BCUT2D eigenvalue weighted by Crippen LogP contribution is 2.28. The lowest BCUT2D eigenvalue weighted by atomic mass is 10.1. The third-order valence-corrected chi connectivity index (χ3v) is 3.16. The lowest BCUT2D eigenvalue weighted by Gasteiger charge is -2.18. The number of aromatic nitrogens is 2. The molecule has 1 aliphatic rings. The molecule has 2 aromatic rings. The molecule has 0 amide bonds. The fourth-order valence-electron chi connectivity index (χ4n) is 2.30. The summed E-state index contributed by atoms with van der Waals surface area (Å²) < 4.78 is 2.03. The van der Waals surface area contributed by atoms with Crippen LogP contribution in [0.3, 0.4) is 0 Å². The van der Waals surface area contributed by atoms with Gasteiger partial charge in [-0.15, -0.1) is 0 Å². The van der Waals surface area contributed by atoms with Crippen LogP contribution in [-0.2, 0) is 6.54 Å². The Kier molecular flexibility index (Phi) is 2.37. The number of nitrogens with zero attached hydrogens (tertiary/aromatic N) is 2. The van der Waals surface area contributed by atoms with Crippen molar-refractivity contribution >= 4 is 5.69 Å². The summed E-state index contributed by atoms with van der Waals surface area (Å²) in [7, 11) is 0. The van der Waals surface area contributed by atoms with Gasteiger partial charge < -0.3 is 15.4 Å². The monoisotopic (exact) mass is 229 g/mol. The molecule has 0 saturated carbocycles. The van der Waals surface area contributed by atoms with Crippen molar-refractivity contribution in [3.8, 4) is 11.3 Å². The third kappa shape index (κ3) is 1.80. The number of nitrogen functional groups attached to an aromatic ring is 1. The molecule has 0 bridgehead atoms. The number of nitrogens with two attached hydrogens (primary N) is 1. The Balaban J connectivity index is 2.05. The Hall–Kier alpha value is -1.81. The topological polar surface area (TPSA) is 64.1 Å². The van der Waals surface area contributed by atoms with E-state index in [0.29, 0.717) is 0 Å². The average molecular weight is 229 g/mol. The maximum Gasteiger partial charge on any atom is 0.138 e. The molecule has 1 aromatic heterocycles. The zero-order valence-corrected chi connectivity index (χ0v) is 9.50. The SMILES string of the molecule is Nc1cccc(-c2cn3c(n2)[C@@H](O)CCC3)c1. The van der Waals surface area contributed by atoms with E-state index in [1.807, 2.05) is 35.0 Å². The van der Waals surface area contributed by atoms with Crippen LogP contribution in [0, 0.1) is 0 Å². The minimum atomic E-state index is -0.432. The molecule has 1 atom stereocenters. The van der Waals surface area contributed by atoms with Gasteiger partial charge in [-0.1, -0.05) is 12.1 Å². The molecule has 1 aliphatic heterocycles. The number of benzene rings is 1. The van der Waals surface area contributed by atoms with Gasteiger partial charge in [-0.05, 0) is 25.0 Å². The first-order valence-electron chi connectivity index (χ1n) is 5.85. The van der Waals surface area contributed by atoms with Crippen molar-refractivity contribution in [2.45, 2.75) is 25.5 Å². The highest BCUT2D eigenvalue weighted by atomic mass is 16.3. The van der Waals surface area contributed by atoms with Gasteiger partial charge in [-0.25, -0.2) is 4.98 Å². The van der Waals surface area contributed by atoms with Crippen LogP contribution in [0.1, 0.15) is 24.8 Å². The number of imidazole rings is 1. The lowest BCUT2D eigenvalue weighted by Crippen LogP contribution is -2.14. The Morgan fingerprint density at radius 2 is 2.29 bits per heavy atom. The van der Waals surface area contributed by atoms with Crippen LogP contribution in [0.25, 0.3) is 11.3 Å². The van der Waals surface area contributed by atoms with Crippen molar-refractivity contribution in [1.29, 1.82) is 0 Å². The number of fused-ring (bicyclic) bond motifs is 1. The molecule has 3 N–H and O–H groups in total. The molecule has 4 heteroatoms. The van der Waals surface area contributed by atoms with Gasteiger partial charge in [-0.3, -0.25) is 0 Å². The first-order chi connectivity index (χ1) is 8.24. The summed E-state index contributed by atoms with van der Waals surface area (Å²) in [6.07, 6.45) is 3.36. The van der Waals surface area contributed by atoms with Gasteiger partial charge in [0.1, 0.15) is 11.9 Å². The molecular formula is C13H15N3O. The number of hydrogen-bond donors (Lipinski definition) is 2. The van der Waals surface area contributed by atoms with Gasteiger partial charge in [0, 0.05) is 24.0 Å². The normalized spacial score (nSPS) is 19.0. The fourth-order valence-corrected chi connectivity index (χ4v) is 2.30. The summed E-state index contributed by atoms with van der Waals surface area (Å²) in [5, 5.41) is 9.87. The zero-order chi connectivity index (χ0) is 11.8. The number of rotatable bonds is 1. The summed E-state index contributed by atoms with van der Waals surface area (Å²) in [6.45, 7) is 0.932. The van der Waals surface area contributed by atoms with Crippen LogP contribution in [0.4, 0.5) is 5.69 Å². The van der Waals surface area contributed by atoms with Crippen LogP contribution in [-0.4, -0.2) is 14.7 Å². The van der Waals surface area contributed by atoms with Gasteiger partial charge >= 0.3 is 0 Å². The quantitative estimate of drug-likeness (QED) is 0.735. The predicted octanol–water partition coefficient (Wildman–Crippen LogP) is 1.96. The highest BCUT2D eigenvalue weighted by molar-refractivity contribution is 5.63. The van der Waals surface area contributed by atoms with E-state index in [1.165, 1.54) is 0 Å². The van der Waals surface area contributed by atoms with E-state index in [9.17, 15) is 5.11 Å². The maximum atomic E-state index is 9.87. The molecule has 3 rings (SSSR count). The fraction of sp³-hybridized carbons (Fsp3) is 0.308. The Labute approximate surface area is 99.7 Å². The molecule has 0 fully saturated rings. The Morgan fingerprint density at radius 3 is 3.06 bits per heavy atom. The summed E-state index contributed by atoms with van der Waals surface area (Å²) in [5.41, 5.74) is 8.37. The summed E-state index contributed by atoms with van der Waals surface area (Å²) in [4.78, 5) is 4.50. The van der Waals surface area contributed by atoms with Crippen LogP contribution >= 0.6 is 0 Å². The minimum Gasteiger partial charge on any atom is -0.399 e. The van der Waals surface area contributed by atoms with E-state index in [2.05, 4.69) is 4.98 Å². The van der Waals surface area contributed by atoms with Crippen LogP contribution < -0.4 is 5.73 Å². The van der Waals surface area contributed by atoms with Crippen LogP contribution in [0.5, 0.6) is 0 Å². The smallest absolute Gasteiger partial charge is 0.138 e. The van der Waals surface area contributed by atoms with E-state index in [0.717, 1.165) is 42.2 Å². The van der Waals surface area contributed by atoms with Crippen molar-refractivity contribution in [2.75, 3.05) is 5.73 Å². The molecule has 0 aliphatic carbocycles. The average Bonchev–Trinajstić information content (AvgIpc) is 2.74. The van der Waals surface area contributed by atoms with Crippen LogP contribution in [0.15, 0.2) is 30.5 Å². The minimum absolute atomic E-state index is 0.432. The molecule has 0 saturated heterocycles. The van der Waals surface area contributed by atoms with Crippen molar-refractivity contribution < 1.29 is 5.11 Å². The molecule has 17 heavy (non-hydrogen) atoms. The lowest BCUT2D eigenvalue weighted by molar-refractivity contribution is 0.134. The Bertz CT molecular complexity index is 547. The molecule has 1 aromatic carbocycles. The molecule has 0 unspecified atom stereocenters. The molecule has 4 nitrogen and oxygen atoms in total. The molecule has 0 spiro atoms. The number of anilines is 1. The Morgan fingerprint density at radius 1 is 1.41 bits per heavy atom. The second-order valence-corrected chi connectivity index (χ2v) is 4.46. The molecular weight excluding hydrogens is 214 g/mol. The first kappa shape index (κ1) is 10.4. The van der Waals surface area contributed by atoms with E-state index >= 15 is 0 Å². The standard InChI is InChI=1S/C13H15N3O/c14-10-4-1-3-9(7-10)11-8-16-6-2-5-12(17)13(16)15-11/h1,3-4,7-8,12,17H,2,5-6,14H2/t12-/m0/s1. The summed E-state index contributed by atoms with van der Waals surface area (Å²) in [6, 6.07) is 7.66. The van der Waals surface area contributed by atoms with E-state index in [1.54, 1.807) is 0 Å². The van der Waals surface area contributed by atoms with Crippen molar-refractivity contribution in [1.82, 2.24) is 9.55 Å².